The van der Waals surface area contributed by atoms with Crippen molar-refractivity contribution < 1.29 is 23.8 Å². The average Bonchev–Trinajstić information content (AvgIpc) is 2.44. The molecule has 0 aliphatic carbocycles. The van der Waals surface area contributed by atoms with Crippen LogP contribution >= 0.6 is 0 Å². The van der Waals surface area contributed by atoms with Crippen LogP contribution in [0.2, 0.25) is 0 Å². The zero-order valence-electron chi connectivity index (χ0n) is 9.57. The third kappa shape index (κ3) is 3.08. The molecule has 0 bridgehead atoms. The molecule has 1 saturated heterocycles. The summed E-state index contributed by atoms with van der Waals surface area (Å²) < 4.78 is 18.1. The Morgan fingerprint density at radius 2 is 2.00 bits per heavy atom. The summed E-state index contributed by atoms with van der Waals surface area (Å²) in [5.41, 5.74) is -0.714. The maximum absolute atomic E-state index is 13.1. The van der Waals surface area contributed by atoms with Gasteiger partial charge in [-0.05, 0) is 20.8 Å². The Balaban J connectivity index is 2.71. The van der Waals surface area contributed by atoms with E-state index in [2.05, 4.69) is 0 Å². The van der Waals surface area contributed by atoms with Gasteiger partial charge >= 0.3 is 12.1 Å². The Kier molecular flexibility index (Phi) is 3.40. The normalized spacial score (nSPS) is 25.6. The lowest BCUT2D eigenvalue weighted by Crippen LogP contribution is -2.43. The van der Waals surface area contributed by atoms with E-state index in [0.29, 0.717) is 0 Å². The van der Waals surface area contributed by atoms with E-state index in [1.165, 1.54) is 0 Å². The minimum atomic E-state index is -1.30. The quantitative estimate of drug-likeness (QED) is 0.743. The van der Waals surface area contributed by atoms with Crippen molar-refractivity contribution in [3.63, 3.8) is 0 Å². The molecule has 1 aliphatic rings. The standard InChI is InChI=1S/C10H16FNO4/c1-10(2,3)16-9(15)12-5-6(11)4-7(12)8(13)14/h6-7H,4-5H2,1-3H3,(H,13,14)/t6-,7+/m0/s1. The van der Waals surface area contributed by atoms with Crippen LogP contribution in [-0.2, 0) is 9.53 Å². The summed E-state index contributed by atoms with van der Waals surface area (Å²) in [5, 5.41) is 8.83. The van der Waals surface area contributed by atoms with Gasteiger partial charge in [-0.25, -0.2) is 14.0 Å². The summed E-state index contributed by atoms with van der Waals surface area (Å²) in [6.45, 7) is 4.79. The number of hydrogen-bond donors (Lipinski definition) is 1. The van der Waals surface area contributed by atoms with E-state index in [9.17, 15) is 14.0 Å². The fourth-order valence-corrected chi connectivity index (χ4v) is 1.54. The third-order valence-electron chi connectivity index (χ3n) is 2.16. The van der Waals surface area contributed by atoms with Crippen LogP contribution in [0, 0.1) is 0 Å². The van der Waals surface area contributed by atoms with Gasteiger partial charge in [0.05, 0.1) is 6.54 Å². The molecule has 0 saturated carbocycles. The molecule has 0 aromatic heterocycles. The molecule has 5 nitrogen and oxygen atoms in total. The van der Waals surface area contributed by atoms with E-state index in [4.69, 9.17) is 9.84 Å². The largest absolute Gasteiger partial charge is 0.480 e. The SMILES string of the molecule is CC(C)(C)OC(=O)N1C[C@@H](F)C[C@@H]1C(=O)O. The molecule has 0 aromatic carbocycles. The number of likely N-dealkylation sites (tertiary alicyclic amines) is 1. The Bertz CT molecular complexity index is 300. The lowest BCUT2D eigenvalue weighted by Gasteiger charge is -2.26. The molecule has 0 radical (unpaired) electrons. The number of carboxylic acids is 1. The van der Waals surface area contributed by atoms with Crippen molar-refractivity contribution in [3.8, 4) is 0 Å². The monoisotopic (exact) mass is 233 g/mol. The van der Waals surface area contributed by atoms with Gasteiger partial charge in [0.2, 0.25) is 0 Å². The van der Waals surface area contributed by atoms with Crippen LogP contribution < -0.4 is 0 Å². The van der Waals surface area contributed by atoms with Crippen molar-refractivity contribution in [1.82, 2.24) is 4.90 Å². The van der Waals surface area contributed by atoms with E-state index in [0.717, 1.165) is 4.90 Å². The van der Waals surface area contributed by atoms with Gasteiger partial charge < -0.3 is 9.84 Å². The molecule has 6 heteroatoms. The van der Waals surface area contributed by atoms with Crippen molar-refractivity contribution in [2.75, 3.05) is 6.54 Å². The van der Waals surface area contributed by atoms with Crippen LogP contribution in [0.15, 0.2) is 0 Å². The zero-order valence-corrected chi connectivity index (χ0v) is 9.57. The molecule has 0 unspecified atom stereocenters. The number of hydrogen-bond acceptors (Lipinski definition) is 3. The molecule has 1 fully saturated rings. The molecular weight excluding hydrogens is 217 g/mol. The van der Waals surface area contributed by atoms with Crippen LogP contribution in [0.25, 0.3) is 0 Å². The van der Waals surface area contributed by atoms with Gasteiger partial charge in [-0.3, -0.25) is 4.90 Å². The first kappa shape index (κ1) is 12.7. The minimum Gasteiger partial charge on any atom is -0.480 e. The van der Waals surface area contributed by atoms with Crippen LogP contribution in [-0.4, -0.2) is 46.4 Å². The number of alkyl halides is 1. The molecule has 16 heavy (non-hydrogen) atoms. The van der Waals surface area contributed by atoms with Crippen LogP contribution in [0.3, 0.4) is 0 Å². The number of halogens is 1. The van der Waals surface area contributed by atoms with Gasteiger partial charge in [0.25, 0.3) is 0 Å². The predicted molar refractivity (Wildman–Crippen MR) is 53.9 cm³/mol. The highest BCUT2D eigenvalue weighted by atomic mass is 19.1. The number of carbonyl (C=O) groups is 2. The average molecular weight is 233 g/mol. The maximum Gasteiger partial charge on any atom is 0.411 e. The molecule has 1 aliphatic heterocycles. The Hall–Kier alpha value is -1.33. The van der Waals surface area contributed by atoms with E-state index in [1.807, 2.05) is 0 Å². The number of carboxylic acid groups (broad SMARTS) is 1. The lowest BCUT2D eigenvalue weighted by molar-refractivity contribution is -0.142. The molecule has 2 atom stereocenters. The Morgan fingerprint density at radius 3 is 2.44 bits per heavy atom. The fraction of sp³-hybridized carbons (Fsp3) is 0.800. The number of nitrogens with zero attached hydrogens (tertiary/aromatic N) is 1. The number of carbonyl (C=O) groups excluding carboxylic acids is 1. The molecule has 0 aromatic rings. The number of rotatable bonds is 1. The van der Waals surface area contributed by atoms with E-state index < -0.39 is 29.9 Å². The van der Waals surface area contributed by atoms with Crippen molar-refractivity contribution in [2.45, 2.75) is 45.0 Å². The van der Waals surface area contributed by atoms with Gasteiger partial charge in [-0.1, -0.05) is 0 Å². The first-order chi connectivity index (χ1) is 7.20. The predicted octanol–water partition coefficient (Wildman–Crippen LogP) is 1.42. The lowest BCUT2D eigenvalue weighted by atomic mass is 10.2. The first-order valence-electron chi connectivity index (χ1n) is 5.07. The van der Waals surface area contributed by atoms with Crippen LogP contribution in [0.4, 0.5) is 9.18 Å². The van der Waals surface area contributed by atoms with Gasteiger partial charge in [-0.2, -0.15) is 0 Å². The summed E-state index contributed by atoms with van der Waals surface area (Å²) in [5.74, 6) is -1.20. The summed E-state index contributed by atoms with van der Waals surface area (Å²) in [4.78, 5) is 23.3. The second kappa shape index (κ2) is 4.27. The first-order valence-corrected chi connectivity index (χ1v) is 5.07. The van der Waals surface area contributed by atoms with Crippen molar-refractivity contribution in [1.29, 1.82) is 0 Å². The molecular formula is C10H16FNO4. The second-order valence-corrected chi connectivity index (χ2v) is 4.82. The van der Waals surface area contributed by atoms with Gasteiger partial charge in [0.1, 0.15) is 17.8 Å². The number of ether oxygens (including phenoxy) is 1. The van der Waals surface area contributed by atoms with E-state index in [1.54, 1.807) is 20.8 Å². The summed E-state index contributed by atoms with van der Waals surface area (Å²) in [6, 6.07) is -1.12. The number of aliphatic carboxylic acids is 1. The highest BCUT2D eigenvalue weighted by molar-refractivity contribution is 5.81. The van der Waals surface area contributed by atoms with Crippen LogP contribution in [0.5, 0.6) is 0 Å². The van der Waals surface area contributed by atoms with Crippen LogP contribution in [0.1, 0.15) is 27.2 Å². The van der Waals surface area contributed by atoms with Gasteiger partial charge in [0, 0.05) is 6.42 Å². The van der Waals surface area contributed by atoms with Gasteiger partial charge in [0.15, 0.2) is 0 Å². The molecule has 1 N–H and O–H groups in total. The maximum atomic E-state index is 13.1. The number of amides is 1. The second-order valence-electron chi connectivity index (χ2n) is 4.82. The highest BCUT2D eigenvalue weighted by Crippen LogP contribution is 2.23. The topological polar surface area (TPSA) is 66.8 Å². The minimum absolute atomic E-state index is 0.172. The van der Waals surface area contributed by atoms with Crippen molar-refractivity contribution in [3.05, 3.63) is 0 Å². The molecule has 92 valence electrons. The van der Waals surface area contributed by atoms with Crippen molar-refractivity contribution in [2.24, 2.45) is 0 Å². The van der Waals surface area contributed by atoms with E-state index in [-0.39, 0.29) is 13.0 Å². The summed E-state index contributed by atoms with van der Waals surface area (Å²) in [7, 11) is 0. The van der Waals surface area contributed by atoms with Gasteiger partial charge in [-0.15, -0.1) is 0 Å². The third-order valence-corrected chi connectivity index (χ3v) is 2.16. The Morgan fingerprint density at radius 1 is 1.44 bits per heavy atom. The molecule has 1 rings (SSSR count). The molecule has 1 amide bonds. The summed E-state index contributed by atoms with van der Waals surface area (Å²) >= 11 is 0. The highest BCUT2D eigenvalue weighted by Gasteiger charge is 2.41. The van der Waals surface area contributed by atoms with E-state index >= 15 is 0 Å². The fourth-order valence-electron chi connectivity index (χ4n) is 1.54. The molecule has 1 heterocycles. The van der Waals surface area contributed by atoms with Crippen molar-refractivity contribution >= 4 is 12.1 Å². The zero-order chi connectivity index (χ0) is 12.5. The Labute approximate surface area is 93.2 Å². The summed E-state index contributed by atoms with van der Waals surface area (Å²) in [6.07, 6.45) is -2.25. The molecule has 0 spiro atoms. The smallest absolute Gasteiger partial charge is 0.411 e.